The molecular formula is C16H23NO3. The van der Waals surface area contributed by atoms with Crippen LogP contribution in [0.25, 0.3) is 0 Å². The summed E-state index contributed by atoms with van der Waals surface area (Å²) in [6.45, 7) is 6.62. The first-order valence-electron chi connectivity index (χ1n) is 7.08. The second-order valence-corrected chi connectivity index (χ2v) is 6.30. The number of amides is 1. The molecule has 0 radical (unpaired) electrons. The highest BCUT2D eigenvalue weighted by Crippen LogP contribution is 2.28. The number of hydrogen-bond donors (Lipinski definition) is 1. The fourth-order valence-electron chi connectivity index (χ4n) is 2.46. The van der Waals surface area contributed by atoms with E-state index in [-0.39, 0.29) is 12.0 Å². The average Bonchev–Trinajstić information content (AvgIpc) is 2.38. The van der Waals surface area contributed by atoms with Gasteiger partial charge in [0.25, 0.3) is 0 Å². The largest absolute Gasteiger partial charge is 0.444 e. The van der Waals surface area contributed by atoms with Crippen LogP contribution in [0.1, 0.15) is 38.7 Å². The molecule has 1 aromatic carbocycles. The van der Waals surface area contributed by atoms with E-state index in [2.05, 4.69) is 0 Å². The van der Waals surface area contributed by atoms with E-state index in [1.54, 1.807) is 4.90 Å². The fourth-order valence-corrected chi connectivity index (χ4v) is 2.46. The smallest absolute Gasteiger partial charge is 0.410 e. The van der Waals surface area contributed by atoms with Crippen molar-refractivity contribution in [2.24, 2.45) is 0 Å². The van der Waals surface area contributed by atoms with Crippen LogP contribution in [0.3, 0.4) is 0 Å². The minimum Gasteiger partial charge on any atom is -0.444 e. The summed E-state index contributed by atoms with van der Waals surface area (Å²) in [6, 6.07) is 9.84. The normalized spacial score (nSPS) is 23.5. The van der Waals surface area contributed by atoms with Crippen molar-refractivity contribution in [1.29, 1.82) is 0 Å². The highest BCUT2D eigenvalue weighted by molar-refractivity contribution is 5.68. The molecule has 0 spiro atoms. The molecule has 1 aliphatic rings. The van der Waals surface area contributed by atoms with Gasteiger partial charge < -0.3 is 14.7 Å². The van der Waals surface area contributed by atoms with Crippen LogP contribution >= 0.6 is 0 Å². The maximum Gasteiger partial charge on any atom is 0.410 e. The molecule has 1 saturated heterocycles. The standard InChI is InChI=1S/C16H23NO3/c1-16(2,3)20-15(19)17-10-9-14(18)13(11-17)12-7-5-4-6-8-12/h4-8,13-14,18H,9-11H2,1-3H3. The lowest BCUT2D eigenvalue weighted by molar-refractivity contribution is 0.00407. The predicted octanol–water partition coefficient (Wildman–Crippen LogP) is 2.77. The van der Waals surface area contributed by atoms with E-state index in [0.717, 1.165) is 5.56 Å². The Morgan fingerprint density at radius 1 is 1.30 bits per heavy atom. The number of likely N-dealkylation sites (tertiary alicyclic amines) is 1. The van der Waals surface area contributed by atoms with Gasteiger partial charge in [0.15, 0.2) is 0 Å². The van der Waals surface area contributed by atoms with Crippen molar-refractivity contribution in [3.05, 3.63) is 35.9 Å². The van der Waals surface area contributed by atoms with E-state index in [4.69, 9.17) is 4.74 Å². The van der Waals surface area contributed by atoms with Crippen LogP contribution in [0.4, 0.5) is 4.79 Å². The van der Waals surface area contributed by atoms with Crippen LogP contribution in [0.5, 0.6) is 0 Å². The molecule has 2 rings (SSSR count). The first kappa shape index (κ1) is 14.9. The van der Waals surface area contributed by atoms with Crippen LogP contribution in [-0.2, 0) is 4.74 Å². The van der Waals surface area contributed by atoms with Gasteiger partial charge in [-0.15, -0.1) is 0 Å². The van der Waals surface area contributed by atoms with Gasteiger partial charge in [-0.05, 0) is 32.8 Å². The number of hydrogen-bond acceptors (Lipinski definition) is 3. The van der Waals surface area contributed by atoms with Crippen molar-refractivity contribution in [1.82, 2.24) is 4.90 Å². The van der Waals surface area contributed by atoms with E-state index in [0.29, 0.717) is 19.5 Å². The van der Waals surface area contributed by atoms with Gasteiger partial charge in [0.2, 0.25) is 0 Å². The van der Waals surface area contributed by atoms with Crippen molar-refractivity contribution < 1.29 is 14.6 Å². The lowest BCUT2D eigenvalue weighted by atomic mass is 9.88. The number of piperidine rings is 1. The summed E-state index contributed by atoms with van der Waals surface area (Å²) in [6.07, 6.45) is -0.125. The van der Waals surface area contributed by atoms with E-state index >= 15 is 0 Å². The molecule has 110 valence electrons. The Balaban J connectivity index is 2.07. The SMILES string of the molecule is CC(C)(C)OC(=O)N1CCC(O)C(c2ccccc2)C1. The quantitative estimate of drug-likeness (QED) is 0.858. The molecule has 0 bridgehead atoms. The fraction of sp³-hybridized carbons (Fsp3) is 0.562. The van der Waals surface area contributed by atoms with Crippen LogP contribution in [0.2, 0.25) is 0 Å². The highest BCUT2D eigenvalue weighted by atomic mass is 16.6. The minimum absolute atomic E-state index is 0.0440. The number of carbonyl (C=O) groups is 1. The Labute approximate surface area is 120 Å². The second kappa shape index (κ2) is 5.83. The monoisotopic (exact) mass is 277 g/mol. The molecule has 0 aliphatic carbocycles. The molecule has 4 nitrogen and oxygen atoms in total. The number of benzene rings is 1. The van der Waals surface area contributed by atoms with Gasteiger partial charge in [-0.2, -0.15) is 0 Å². The molecule has 20 heavy (non-hydrogen) atoms. The molecule has 0 aromatic heterocycles. The zero-order valence-electron chi connectivity index (χ0n) is 12.4. The Morgan fingerprint density at radius 2 is 1.95 bits per heavy atom. The third-order valence-electron chi connectivity index (χ3n) is 3.46. The lowest BCUT2D eigenvalue weighted by Crippen LogP contribution is -2.46. The molecule has 2 atom stereocenters. The van der Waals surface area contributed by atoms with Crippen LogP contribution < -0.4 is 0 Å². The summed E-state index contributed by atoms with van der Waals surface area (Å²) in [7, 11) is 0. The summed E-state index contributed by atoms with van der Waals surface area (Å²) in [5.41, 5.74) is 0.573. The molecule has 1 fully saturated rings. The van der Waals surface area contributed by atoms with Crippen molar-refractivity contribution in [3.8, 4) is 0 Å². The van der Waals surface area contributed by atoms with Crippen molar-refractivity contribution in [2.45, 2.75) is 44.8 Å². The first-order chi connectivity index (χ1) is 9.37. The Kier molecular flexibility index (Phi) is 4.33. The molecule has 1 amide bonds. The number of carbonyl (C=O) groups excluding carboxylic acids is 1. The van der Waals surface area contributed by atoms with Gasteiger partial charge in [0.05, 0.1) is 6.10 Å². The Bertz CT molecular complexity index is 453. The number of nitrogens with zero attached hydrogens (tertiary/aromatic N) is 1. The second-order valence-electron chi connectivity index (χ2n) is 6.30. The van der Waals surface area contributed by atoms with Crippen LogP contribution in [0, 0.1) is 0 Å². The van der Waals surface area contributed by atoms with Crippen LogP contribution in [0.15, 0.2) is 30.3 Å². The summed E-state index contributed by atoms with van der Waals surface area (Å²) in [5.74, 6) is -0.0440. The van der Waals surface area contributed by atoms with Crippen LogP contribution in [-0.4, -0.2) is 40.9 Å². The predicted molar refractivity (Wildman–Crippen MR) is 77.6 cm³/mol. The van der Waals surface area contributed by atoms with Crippen molar-refractivity contribution >= 4 is 6.09 Å². The van der Waals surface area contributed by atoms with E-state index in [1.165, 1.54) is 0 Å². The zero-order chi connectivity index (χ0) is 14.8. The Hall–Kier alpha value is -1.55. The molecule has 1 aromatic rings. The van der Waals surface area contributed by atoms with Crippen molar-refractivity contribution in [3.63, 3.8) is 0 Å². The molecular weight excluding hydrogens is 254 g/mol. The molecule has 4 heteroatoms. The number of rotatable bonds is 1. The van der Waals surface area contributed by atoms with E-state index in [9.17, 15) is 9.90 Å². The molecule has 1 aliphatic heterocycles. The first-order valence-corrected chi connectivity index (χ1v) is 7.08. The van der Waals surface area contributed by atoms with Gasteiger partial charge in [-0.25, -0.2) is 4.79 Å². The van der Waals surface area contributed by atoms with Gasteiger partial charge in [0, 0.05) is 19.0 Å². The highest BCUT2D eigenvalue weighted by Gasteiger charge is 2.33. The summed E-state index contributed by atoms with van der Waals surface area (Å²) >= 11 is 0. The van der Waals surface area contributed by atoms with E-state index in [1.807, 2.05) is 51.1 Å². The number of ether oxygens (including phenoxy) is 1. The maximum atomic E-state index is 12.1. The summed E-state index contributed by atoms with van der Waals surface area (Å²) in [5, 5.41) is 10.2. The third kappa shape index (κ3) is 3.73. The summed E-state index contributed by atoms with van der Waals surface area (Å²) in [4.78, 5) is 13.8. The molecule has 1 N–H and O–H groups in total. The maximum absolute atomic E-state index is 12.1. The summed E-state index contributed by atoms with van der Waals surface area (Å²) < 4.78 is 5.40. The number of aliphatic hydroxyl groups excluding tert-OH is 1. The lowest BCUT2D eigenvalue weighted by Gasteiger charge is -2.37. The third-order valence-corrected chi connectivity index (χ3v) is 3.46. The number of aliphatic hydroxyl groups is 1. The minimum atomic E-state index is -0.491. The molecule has 0 saturated carbocycles. The van der Waals surface area contributed by atoms with Gasteiger partial charge in [0.1, 0.15) is 5.60 Å². The Morgan fingerprint density at radius 3 is 2.55 bits per heavy atom. The van der Waals surface area contributed by atoms with E-state index < -0.39 is 11.7 Å². The molecule has 1 heterocycles. The molecule has 2 unspecified atom stereocenters. The topological polar surface area (TPSA) is 49.8 Å². The van der Waals surface area contributed by atoms with Gasteiger partial charge in [-0.3, -0.25) is 0 Å². The average molecular weight is 277 g/mol. The zero-order valence-corrected chi connectivity index (χ0v) is 12.4. The van der Waals surface area contributed by atoms with Gasteiger partial charge >= 0.3 is 6.09 Å². The van der Waals surface area contributed by atoms with Gasteiger partial charge in [-0.1, -0.05) is 30.3 Å². The van der Waals surface area contributed by atoms with Crippen molar-refractivity contribution in [2.75, 3.05) is 13.1 Å².